The Morgan fingerprint density at radius 1 is 1.10 bits per heavy atom. The van der Waals surface area contributed by atoms with Crippen LogP contribution in [0.5, 0.6) is 17.2 Å². The van der Waals surface area contributed by atoms with E-state index in [2.05, 4.69) is 10.1 Å². The molecule has 1 amide bonds. The number of rotatable bonds is 8. The first-order valence-corrected chi connectivity index (χ1v) is 8.67. The number of hydrogen-bond donors (Lipinski definition) is 1. The van der Waals surface area contributed by atoms with Gasteiger partial charge in [-0.05, 0) is 55.0 Å². The van der Waals surface area contributed by atoms with Crippen LogP contribution in [0.4, 0.5) is 14.5 Å². The zero-order valence-electron chi connectivity index (χ0n) is 15.8. The van der Waals surface area contributed by atoms with Crippen molar-refractivity contribution in [2.45, 2.75) is 20.1 Å². The van der Waals surface area contributed by atoms with E-state index in [9.17, 15) is 13.6 Å². The molecule has 3 aromatic rings. The number of para-hydroxylation sites is 2. The highest BCUT2D eigenvalue weighted by atomic mass is 19.3. The molecule has 2 aromatic carbocycles. The maximum absolute atomic E-state index is 12.4. The first-order chi connectivity index (χ1) is 14.0. The number of nitrogens with one attached hydrogen (secondary N) is 1. The molecule has 0 radical (unpaired) electrons. The summed E-state index contributed by atoms with van der Waals surface area (Å²) in [6, 6.07) is 14.6. The minimum atomic E-state index is -2.91. The fraction of sp³-hybridized carbons (Fsp3) is 0.190. The molecule has 0 bridgehead atoms. The van der Waals surface area contributed by atoms with Gasteiger partial charge in [-0.25, -0.2) is 0 Å². The average Bonchev–Trinajstić information content (AvgIpc) is 3.17. The number of amides is 1. The lowest BCUT2D eigenvalue weighted by Gasteiger charge is -2.10. The number of carbonyl (C=O) groups excluding carboxylic acids is 1. The van der Waals surface area contributed by atoms with E-state index >= 15 is 0 Å². The second-order valence-corrected chi connectivity index (χ2v) is 6.01. The molecule has 0 saturated heterocycles. The van der Waals surface area contributed by atoms with Gasteiger partial charge in [0.25, 0.3) is 5.91 Å². The van der Waals surface area contributed by atoms with E-state index in [0.717, 1.165) is 0 Å². The number of hydrogen-bond acceptors (Lipinski definition) is 5. The Morgan fingerprint density at radius 3 is 2.55 bits per heavy atom. The molecule has 6 nitrogen and oxygen atoms in total. The van der Waals surface area contributed by atoms with Crippen LogP contribution < -0.4 is 19.5 Å². The smallest absolute Gasteiger partial charge is 0.387 e. The van der Waals surface area contributed by atoms with Crippen LogP contribution in [0.1, 0.15) is 21.9 Å². The molecule has 29 heavy (non-hydrogen) atoms. The zero-order valence-corrected chi connectivity index (χ0v) is 15.8. The molecule has 0 unspecified atom stereocenters. The summed E-state index contributed by atoms with van der Waals surface area (Å²) in [5.74, 6) is 1.24. The summed E-state index contributed by atoms with van der Waals surface area (Å²) in [4.78, 5) is 12.4. The van der Waals surface area contributed by atoms with Crippen LogP contribution >= 0.6 is 0 Å². The third-order valence-electron chi connectivity index (χ3n) is 4.00. The highest BCUT2D eigenvalue weighted by molar-refractivity contribution is 6.02. The molecule has 1 N–H and O–H groups in total. The lowest BCUT2D eigenvalue weighted by atomic mass is 10.2. The Labute approximate surface area is 166 Å². The van der Waals surface area contributed by atoms with Gasteiger partial charge in [0.2, 0.25) is 0 Å². The third-order valence-corrected chi connectivity index (χ3v) is 4.00. The summed E-state index contributed by atoms with van der Waals surface area (Å²) in [5.41, 5.74) is 1.03. The van der Waals surface area contributed by atoms with E-state index < -0.39 is 12.5 Å². The Hall–Kier alpha value is -3.55. The van der Waals surface area contributed by atoms with Crippen LogP contribution in [0.25, 0.3) is 0 Å². The van der Waals surface area contributed by atoms with Crippen molar-refractivity contribution in [2.75, 3.05) is 12.4 Å². The lowest BCUT2D eigenvalue weighted by molar-refractivity contribution is -0.0498. The van der Waals surface area contributed by atoms with E-state index in [4.69, 9.17) is 13.9 Å². The molecule has 0 atom stereocenters. The number of benzene rings is 2. The topological polar surface area (TPSA) is 69.9 Å². The molecule has 0 aliphatic carbocycles. The van der Waals surface area contributed by atoms with Crippen molar-refractivity contribution >= 4 is 11.6 Å². The Morgan fingerprint density at radius 2 is 1.86 bits per heavy atom. The van der Waals surface area contributed by atoms with Gasteiger partial charge in [0.05, 0.1) is 7.11 Å². The second-order valence-electron chi connectivity index (χ2n) is 6.01. The van der Waals surface area contributed by atoms with Gasteiger partial charge in [-0.3, -0.25) is 4.79 Å². The summed E-state index contributed by atoms with van der Waals surface area (Å²) >= 11 is 0. The van der Waals surface area contributed by atoms with E-state index in [-0.39, 0.29) is 18.1 Å². The second kappa shape index (κ2) is 9.09. The van der Waals surface area contributed by atoms with Crippen molar-refractivity contribution in [1.29, 1.82) is 0 Å². The van der Waals surface area contributed by atoms with E-state index in [1.807, 2.05) is 12.1 Å². The summed E-state index contributed by atoms with van der Waals surface area (Å²) < 4.78 is 45.3. The number of carbonyl (C=O) groups is 1. The van der Waals surface area contributed by atoms with Gasteiger partial charge in [0.15, 0.2) is 17.3 Å². The minimum Gasteiger partial charge on any atom is -0.493 e. The van der Waals surface area contributed by atoms with Crippen LogP contribution in [0.3, 0.4) is 0 Å². The first kappa shape index (κ1) is 20.2. The van der Waals surface area contributed by atoms with Crippen molar-refractivity contribution in [3.8, 4) is 17.2 Å². The molecule has 152 valence electrons. The summed E-state index contributed by atoms with van der Waals surface area (Å²) in [6.07, 6.45) is 0. The molecule has 8 heteroatoms. The van der Waals surface area contributed by atoms with Gasteiger partial charge >= 0.3 is 6.61 Å². The quantitative estimate of drug-likeness (QED) is 0.571. The van der Waals surface area contributed by atoms with Crippen molar-refractivity contribution < 1.29 is 32.2 Å². The van der Waals surface area contributed by atoms with Crippen LogP contribution in [0.15, 0.2) is 59.0 Å². The summed E-state index contributed by atoms with van der Waals surface area (Å²) in [6.45, 7) is -1.12. The van der Waals surface area contributed by atoms with Gasteiger partial charge in [0.1, 0.15) is 18.1 Å². The highest BCUT2D eigenvalue weighted by Gasteiger charge is 2.14. The Kier molecular flexibility index (Phi) is 6.33. The molecular weight excluding hydrogens is 384 g/mol. The monoisotopic (exact) mass is 403 g/mol. The minimum absolute atomic E-state index is 0.0178. The molecule has 3 rings (SSSR count). The number of methoxy groups -OCH3 is 1. The zero-order chi connectivity index (χ0) is 20.8. The predicted molar refractivity (Wildman–Crippen MR) is 102 cm³/mol. The average molecular weight is 403 g/mol. The summed E-state index contributed by atoms with van der Waals surface area (Å²) in [7, 11) is 1.55. The molecule has 1 heterocycles. The fourth-order valence-corrected chi connectivity index (χ4v) is 2.60. The maximum Gasteiger partial charge on any atom is 0.387 e. The summed E-state index contributed by atoms with van der Waals surface area (Å²) in [5, 5.41) is 2.68. The number of alkyl halides is 2. The van der Waals surface area contributed by atoms with Crippen LogP contribution in [-0.2, 0) is 6.61 Å². The largest absolute Gasteiger partial charge is 0.493 e. The SMILES string of the molecule is COc1ccccc1OCc1ccc(C(=O)Nc2ccc(OC(F)F)cc2C)o1. The molecule has 0 spiro atoms. The molecular formula is C21H19F2NO5. The number of anilines is 1. The molecule has 0 aliphatic heterocycles. The molecule has 1 aromatic heterocycles. The van der Waals surface area contributed by atoms with E-state index in [1.165, 1.54) is 24.3 Å². The van der Waals surface area contributed by atoms with E-state index in [0.29, 0.717) is 28.5 Å². The maximum atomic E-state index is 12.4. The predicted octanol–water partition coefficient (Wildman–Crippen LogP) is 5.03. The number of aryl methyl sites for hydroxylation is 1. The number of furan rings is 1. The number of ether oxygens (including phenoxy) is 3. The molecule has 0 aliphatic rings. The van der Waals surface area contributed by atoms with Crippen molar-refractivity contribution in [3.63, 3.8) is 0 Å². The van der Waals surface area contributed by atoms with Gasteiger partial charge < -0.3 is 23.9 Å². The standard InChI is InChI=1S/C21H19F2NO5/c1-13-11-14(29-21(22)23)7-9-16(13)24-20(25)19-10-8-15(28-19)12-27-18-6-4-3-5-17(18)26-2/h3-11,21H,12H2,1-2H3,(H,24,25). The van der Waals surface area contributed by atoms with Gasteiger partial charge in [-0.1, -0.05) is 12.1 Å². The Balaban J connectivity index is 1.62. The first-order valence-electron chi connectivity index (χ1n) is 8.67. The molecule has 0 fully saturated rings. The van der Waals surface area contributed by atoms with Crippen molar-refractivity contribution in [2.24, 2.45) is 0 Å². The van der Waals surface area contributed by atoms with Crippen LogP contribution in [-0.4, -0.2) is 19.6 Å². The molecule has 0 saturated carbocycles. The van der Waals surface area contributed by atoms with Gasteiger partial charge in [0, 0.05) is 5.69 Å². The number of halogens is 2. The van der Waals surface area contributed by atoms with Gasteiger partial charge in [-0.15, -0.1) is 0 Å². The van der Waals surface area contributed by atoms with Crippen molar-refractivity contribution in [3.05, 3.63) is 71.7 Å². The highest BCUT2D eigenvalue weighted by Crippen LogP contribution is 2.27. The van der Waals surface area contributed by atoms with Crippen molar-refractivity contribution in [1.82, 2.24) is 0 Å². The van der Waals surface area contributed by atoms with Gasteiger partial charge in [-0.2, -0.15) is 8.78 Å². The fourth-order valence-electron chi connectivity index (χ4n) is 2.60. The van der Waals surface area contributed by atoms with E-state index in [1.54, 1.807) is 32.2 Å². The lowest BCUT2D eigenvalue weighted by Crippen LogP contribution is -2.12. The van der Waals surface area contributed by atoms with Crippen LogP contribution in [0.2, 0.25) is 0 Å². The normalized spacial score (nSPS) is 10.7. The third kappa shape index (κ3) is 5.25. The Bertz CT molecular complexity index is 987. The van der Waals surface area contributed by atoms with Crippen LogP contribution in [0, 0.1) is 6.92 Å².